The van der Waals surface area contributed by atoms with Gasteiger partial charge in [0.25, 0.3) is 0 Å². The molecule has 0 aliphatic carbocycles. The quantitative estimate of drug-likeness (QED) is 0.594. The number of ether oxygens (including phenoxy) is 2. The normalized spacial score (nSPS) is 28.5. The fraction of sp³-hybridized carbons (Fsp3) is 0.727. The van der Waals surface area contributed by atoms with Gasteiger partial charge < -0.3 is 14.8 Å². The van der Waals surface area contributed by atoms with E-state index in [9.17, 15) is 4.79 Å². The molecule has 2 unspecified atom stereocenters. The van der Waals surface area contributed by atoms with E-state index >= 15 is 0 Å². The van der Waals surface area contributed by atoms with E-state index in [0.717, 1.165) is 19.4 Å². The van der Waals surface area contributed by atoms with Crippen LogP contribution in [-0.4, -0.2) is 42.7 Å². The van der Waals surface area contributed by atoms with Crippen molar-refractivity contribution in [1.29, 1.82) is 0 Å². The summed E-state index contributed by atoms with van der Waals surface area (Å²) in [5, 5.41) is 3.32. The minimum absolute atomic E-state index is 0.0637. The number of esters is 1. The summed E-state index contributed by atoms with van der Waals surface area (Å²) in [5.74, 6) is -0.583. The summed E-state index contributed by atoms with van der Waals surface area (Å²) in [7, 11) is 0. The molecule has 0 spiro atoms. The first-order chi connectivity index (χ1) is 8.16. The second kappa shape index (κ2) is 5.55. The van der Waals surface area contributed by atoms with E-state index in [2.05, 4.69) is 10.3 Å². The molecule has 2 atom stereocenters. The molecule has 2 aliphatic rings. The number of carbonyl (C=O) groups excluding carboxylic acids is 1. The molecule has 0 aromatic heterocycles. The Morgan fingerprint density at radius 3 is 3.18 bits per heavy atom. The van der Waals surface area contributed by atoms with Crippen molar-refractivity contribution in [3.8, 4) is 0 Å². The van der Waals surface area contributed by atoms with Gasteiger partial charge in [-0.1, -0.05) is 0 Å². The molecule has 2 rings (SSSR count). The summed E-state index contributed by atoms with van der Waals surface area (Å²) in [5.41, 5.74) is 0.714. The predicted molar refractivity (Wildman–Crippen MR) is 67.1 cm³/mol. The van der Waals surface area contributed by atoms with E-state index in [-0.39, 0.29) is 18.0 Å². The van der Waals surface area contributed by atoms with Crippen LogP contribution in [0.15, 0.2) is 4.99 Å². The molecule has 2 aliphatic heterocycles. The number of hydrogen-bond donors (Lipinski definition) is 1. The first-order valence-corrected chi connectivity index (χ1v) is 6.19. The van der Waals surface area contributed by atoms with Crippen LogP contribution in [-0.2, 0) is 14.3 Å². The number of rotatable bonds is 3. The topological polar surface area (TPSA) is 59.9 Å². The monoisotopic (exact) mass is 256 g/mol. The Labute approximate surface area is 106 Å². The number of nitrogens with one attached hydrogen (secondary N) is 1. The molecule has 0 radical (unpaired) electrons. The lowest BCUT2D eigenvalue weighted by Gasteiger charge is -2.21. The molecule has 1 fully saturated rings. The third-order valence-electron chi connectivity index (χ3n) is 2.96. The first-order valence-electron chi connectivity index (χ1n) is 5.78. The molecule has 1 N–H and O–H groups in total. The number of thiocarbonyl (C=S) groups is 1. The molecule has 1 saturated heterocycles. The molecule has 0 aromatic carbocycles. The fourth-order valence-electron chi connectivity index (χ4n) is 1.92. The number of aliphatic imine (C=N–C) groups is 1. The summed E-state index contributed by atoms with van der Waals surface area (Å²) < 4.78 is 10.6. The molecule has 6 heteroatoms. The van der Waals surface area contributed by atoms with Crippen LogP contribution in [0.5, 0.6) is 0 Å². The zero-order chi connectivity index (χ0) is 12.3. The standard InChI is InChI=1S/C11H16N2O3S/c1-7-9(5-12-11(17)13-7)10(14)16-6-8-3-2-4-15-8/h8-9H,2-6H2,1H3,(H,12,17). The van der Waals surface area contributed by atoms with Crippen LogP contribution in [0, 0.1) is 5.92 Å². The summed E-state index contributed by atoms with van der Waals surface area (Å²) >= 11 is 4.90. The molecule has 17 heavy (non-hydrogen) atoms. The van der Waals surface area contributed by atoms with Gasteiger partial charge in [0, 0.05) is 18.9 Å². The van der Waals surface area contributed by atoms with E-state index < -0.39 is 0 Å². The maximum Gasteiger partial charge on any atom is 0.316 e. The van der Waals surface area contributed by atoms with Gasteiger partial charge in [-0.05, 0) is 32.0 Å². The van der Waals surface area contributed by atoms with Gasteiger partial charge in [0.05, 0.1) is 6.10 Å². The molecule has 2 heterocycles. The highest BCUT2D eigenvalue weighted by atomic mass is 32.1. The van der Waals surface area contributed by atoms with Gasteiger partial charge in [-0.3, -0.25) is 4.79 Å². The molecule has 94 valence electrons. The van der Waals surface area contributed by atoms with Crippen molar-refractivity contribution in [3.63, 3.8) is 0 Å². The minimum Gasteiger partial charge on any atom is -0.462 e. The van der Waals surface area contributed by atoms with Gasteiger partial charge in [-0.15, -0.1) is 0 Å². The average molecular weight is 256 g/mol. The molecule has 0 amide bonds. The van der Waals surface area contributed by atoms with E-state index in [1.165, 1.54) is 0 Å². The summed E-state index contributed by atoms with van der Waals surface area (Å²) in [6, 6.07) is 0. The van der Waals surface area contributed by atoms with Crippen LogP contribution in [0.1, 0.15) is 19.8 Å². The molecular weight excluding hydrogens is 240 g/mol. The van der Waals surface area contributed by atoms with E-state index in [1.54, 1.807) is 6.92 Å². The summed E-state index contributed by atoms with van der Waals surface area (Å²) in [6.07, 6.45) is 2.07. The van der Waals surface area contributed by atoms with E-state index in [0.29, 0.717) is 24.0 Å². The predicted octanol–water partition coefficient (Wildman–Crippen LogP) is 0.674. The van der Waals surface area contributed by atoms with Crippen molar-refractivity contribution >= 4 is 29.0 Å². The lowest BCUT2D eigenvalue weighted by atomic mass is 10.0. The zero-order valence-electron chi connectivity index (χ0n) is 9.77. The second-order valence-corrected chi connectivity index (χ2v) is 4.64. The van der Waals surface area contributed by atoms with Crippen LogP contribution in [0.2, 0.25) is 0 Å². The van der Waals surface area contributed by atoms with Gasteiger partial charge in [0.2, 0.25) is 0 Å². The van der Waals surface area contributed by atoms with Gasteiger partial charge in [0.1, 0.15) is 12.5 Å². The van der Waals surface area contributed by atoms with Crippen LogP contribution in [0.4, 0.5) is 0 Å². The van der Waals surface area contributed by atoms with Crippen LogP contribution in [0.25, 0.3) is 0 Å². The van der Waals surface area contributed by atoms with Crippen LogP contribution < -0.4 is 5.32 Å². The lowest BCUT2D eigenvalue weighted by molar-refractivity contribution is -0.149. The first kappa shape index (κ1) is 12.4. The van der Waals surface area contributed by atoms with Gasteiger partial charge in [-0.2, -0.15) is 0 Å². The molecule has 0 aromatic rings. The van der Waals surface area contributed by atoms with Crippen molar-refractivity contribution in [3.05, 3.63) is 0 Å². The number of hydrogen-bond acceptors (Lipinski definition) is 4. The highest BCUT2D eigenvalue weighted by molar-refractivity contribution is 7.80. The Kier molecular flexibility index (Phi) is 4.06. The van der Waals surface area contributed by atoms with Crippen molar-refractivity contribution in [2.24, 2.45) is 10.9 Å². The highest BCUT2D eigenvalue weighted by Crippen LogP contribution is 2.14. The Balaban J connectivity index is 1.83. The Bertz CT molecular complexity index is 351. The van der Waals surface area contributed by atoms with E-state index in [1.807, 2.05) is 0 Å². The minimum atomic E-state index is -0.330. The third-order valence-corrected chi connectivity index (χ3v) is 3.20. The maximum absolute atomic E-state index is 11.8. The highest BCUT2D eigenvalue weighted by Gasteiger charge is 2.28. The van der Waals surface area contributed by atoms with E-state index in [4.69, 9.17) is 21.7 Å². The van der Waals surface area contributed by atoms with Crippen molar-refractivity contribution in [2.45, 2.75) is 25.9 Å². The second-order valence-electron chi connectivity index (χ2n) is 4.26. The third kappa shape index (κ3) is 3.23. The molecule has 5 nitrogen and oxygen atoms in total. The van der Waals surface area contributed by atoms with Crippen molar-refractivity contribution in [1.82, 2.24) is 5.32 Å². The number of carbonyl (C=O) groups is 1. The number of nitrogens with zero attached hydrogens (tertiary/aromatic N) is 1. The Hall–Kier alpha value is -1.01. The molecule has 0 bridgehead atoms. The fourth-order valence-corrected chi connectivity index (χ4v) is 2.15. The van der Waals surface area contributed by atoms with Gasteiger partial charge in [0.15, 0.2) is 5.11 Å². The average Bonchev–Trinajstić information content (AvgIpc) is 2.78. The largest absolute Gasteiger partial charge is 0.462 e. The molecular formula is C11H16N2O3S. The smallest absolute Gasteiger partial charge is 0.316 e. The summed E-state index contributed by atoms with van der Waals surface area (Å²) in [4.78, 5) is 15.9. The van der Waals surface area contributed by atoms with Crippen molar-refractivity contribution in [2.75, 3.05) is 19.8 Å². The lowest BCUT2D eigenvalue weighted by Crippen LogP contribution is -2.41. The van der Waals surface area contributed by atoms with Gasteiger partial charge >= 0.3 is 5.97 Å². The maximum atomic E-state index is 11.8. The SMILES string of the molecule is CC1=NC(=S)NCC1C(=O)OCC1CCCO1. The van der Waals surface area contributed by atoms with Gasteiger partial charge in [-0.25, -0.2) is 4.99 Å². The Morgan fingerprint density at radius 1 is 1.71 bits per heavy atom. The van der Waals surface area contributed by atoms with Crippen LogP contribution in [0.3, 0.4) is 0 Å². The molecule has 0 saturated carbocycles. The summed E-state index contributed by atoms with van der Waals surface area (Å²) in [6.45, 7) is 3.37. The van der Waals surface area contributed by atoms with Crippen LogP contribution >= 0.6 is 12.2 Å². The Morgan fingerprint density at radius 2 is 2.53 bits per heavy atom. The zero-order valence-corrected chi connectivity index (χ0v) is 10.6. The van der Waals surface area contributed by atoms with Crippen molar-refractivity contribution < 1.29 is 14.3 Å².